The highest BCUT2D eigenvalue weighted by Gasteiger charge is 2.09. The van der Waals surface area contributed by atoms with E-state index in [0.717, 1.165) is 17.9 Å². The Morgan fingerprint density at radius 1 is 1.09 bits per heavy atom. The van der Waals surface area contributed by atoms with Gasteiger partial charge in [0.15, 0.2) is 0 Å². The van der Waals surface area contributed by atoms with Crippen LogP contribution >= 0.6 is 11.8 Å². The summed E-state index contributed by atoms with van der Waals surface area (Å²) in [5.74, 6) is 0.912. The van der Waals surface area contributed by atoms with Crippen LogP contribution in [0.2, 0.25) is 0 Å². The Hall–Kier alpha value is -1.78. The summed E-state index contributed by atoms with van der Waals surface area (Å²) in [4.78, 5) is 13.8. The molecule has 0 fully saturated rings. The van der Waals surface area contributed by atoms with E-state index in [4.69, 9.17) is 0 Å². The van der Waals surface area contributed by atoms with Gasteiger partial charge in [-0.25, -0.2) is 0 Å². The molecule has 122 valence electrons. The van der Waals surface area contributed by atoms with Gasteiger partial charge < -0.3 is 10.2 Å². The Labute approximate surface area is 143 Å². The van der Waals surface area contributed by atoms with E-state index in [9.17, 15) is 4.79 Å². The minimum atomic E-state index is -0.0139. The molecule has 0 spiro atoms. The minimum Gasteiger partial charge on any atom is -0.348 e. The van der Waals surface area contributed by atoms with Gasteiger partial charge in [-0.3, -0.25) is 4.79 Å². The number of hydrogen-bond acceptors (Lipinski definition) is 2. The van der Waals surface area contributed by atoms with E-state index in [1.807, 2.05) is 24.3 Å². The number of benzene rings is 2. The van der Waals surface area contributed by atoms with E-state index >= 15 is 0 Å². The molecule has 0 radical (unpaired) electrons. The van der Waals surface area contributed by atoms with Crippen molar-refractivity contribution in [3.05, 3.63) is 70.8 Å². The zero-order valence-corrected chi connectivity index (χ0v) is 14.9. The maximum atomic E-state index is 12.4. The number of hydrogen-bond donors (Lipinski definition) is 2. The van der Waals surface area contributed by atoms with Crippen molar-refractivity contribution >= 4 is 17.7 Å². The summed E-state index contributed by atoms with van der Waals surface area (Å²) < 4.78 is 0. The van der Waals surface area contributed by atoms with Gasteiger partial charge in [0, 0.05) is 23.4 Å². The summed E-state index contributed by atoms with van der Waals surface area (Å²) in [6.45, 7) is 1.52. The van der Waals surface area contributed by atoms with Crippen molar-refractivity contribution in [1.82, 2.24) is 5.32 Å². The smallest absolute Gasteiger partial charge is 0.251 e. The molecule has 1 amide bonds. The van der Waals surface area contributed by atoms with Crippen molar-refractivity contribution in [3.8, 4) is 0 Å². The van der Waals surface area contributed by atoms with Crippen LogP contribution in [-0.4, -0.2) is 26.3 Å². The molecule has 0 aliphatic heterocycles. The lowest BCUT2D eigenvalue weighted by atomic mass is 10.1. The van der Waals surface area contributed by atoms with E-state index < -0.39 is 0 Å². The fourth-order valence-electron chi connectivity index (χ4n) is 2.53. The van der Waals surface area contributed by atoms with Crippen LogP contribution in [0.1, 0.15) is 27.0 Å². The Bertz CT molecular complexity index is 655. The average molecular weight is 329 g/mol. The van der Waals surface area contributed by atoms with Crippen LogP contribution < -0.4 is 10.2 Å². The quantitative estimate of drug-likeness (QED) is 0.816. The summed E-state index contributed by atoms with van der Waals surface area (Å²) in [5.41, 5.74) is 4.38. The molecular formula is C19H25N2OS+. The van der Waals surface area contributed by atoms with E-state index in [2.05, 4.69) is 49.9 Å². The molecule has 2 aromatic carbocycles. The molecule has 0 atom stereocenters. The second-order valence-corrected chi connectivity index (χ2v) is 6.83. The summed E-state index contributed by atoms with van der Waals surface area (Å²) in [7, 11) is 4.26. The second kappa shape index (κ2) is 8.75. The molecule has 2 aromatic rings. The Kier molecular flexibility index (Phi) is 6.68. The molecule has 0 saturated carbocycles. The lowest BCUT2D eigenvalue weighted by Gasteiger charge is -2.13. The summed E-state index contributed by atoms with van der Waals surface area (Å²) in [6.07, 6.45) is 2.07. The number of thioether (sulfide) groups is 1. The van der Waals surface area contributed by atoms with Crippen molar-refractivity contribution in [1.29, 1.82) is 0 Å². The molecule has 2 N–H and O–H groups in total. The molecule has 0 bridgehead atoms. The van der Waals surface area contributed by atoms with Crippen molar-refractivity contribution in [2.75, 3.05) is 20.4 Å². The largest absolute Gasteiger partial charge is 0.348 e. The first-order valence-electron chi connectivity index (χ1n) is 7.82. The predicted molar refractivity (Wildman–Crippen MR) is 97.8 cm³/mol. The third-order valence-electron chi connectivity index (χ3n) is 3.60. The van der Waals surface area contributed by atoms with Crippen molar-refractivity contribution in [2.24, 2.45) is 0 Å². The first-order chi connectivity index (χ1) is 11.1. The van der Waals surface area contributed by atoms with Gasteiger partial charge in [-0.2, -0.15) is 11.8 Å². The number of carbonyl (C=O) groups is 1. The number of amides is 1. The summed E-state index contributed by atoms with van der Waals surface area (Å²) in [6, 6.07) is 16.1. The van der Waals surface area contributed by atoms with Crippen LogP contribution in [-0.2, 0) is 18.8 Å². The highest BCUT2D eigenvalue weighted by Crippen LogP contribution is 2.12. The Morgan fingerprint density at radius 2 is 1.83 bits per heavy atom. The summed E-state index contributed by atoms with van der Waals surface area (Å²) in [5, 5.41) is 3.04. The zero-order valence-electron chi connectivity index (χ0n) is 14.1. The van der Waals surface area contributed by atoms with E-state index in [-0.39, 0.29) is 5.91 Å². The van der Waals surface area contributed by atoms with E-state index in [1.165, 1.54) is 21.6 Å². The molecule has 0 unspecified atom stereocenters. The van der Waals surface area contributed by atoms with Crippen LogP contribution in [0, 0.1) is 0 Å². The van der Waals surface area contributed by atoms with Gasteiger partial charge in [0.2, 0.25) is 0 Å². The molecule has 3 nitrogen and oxygen atoms in total. The highest BCUT2D eigenvalue weighted by atomic mass is 32.2. The molecule has 4 heteroatoms. The summed E-state index contributed by atoms with van der Waals surface area (Å²) >= 11 is 1.76. The third-order valence-corrected chi connectivity index (χ3v) is 4.22. The lowest BCUT2D eigenvalue weighted by Crippen LogP contribution is -3.04. The molecule has 0 heterocycles. The van der Waals surface area contributed by atoms with Crippen molar-refractivity contribution < 1.29 is 9.69 Å². The maximum Gasteiger partial charge on any atom is 0.251 e. The van der Waals surface area contributed by atoms with Crippen molar-refractivity contribution in [3.63, 3.8) is 0 Å². The molecule has 0 aliphatic rings. The van der Waals surface area contributed by atoms with Gasteiger partial charge in [-0.15, -0.1) is 0 Å². The number of nitrogens with one attached hydrogen (secondary N) is 2. The van der Waals surface area contributed by atoms with Crippen LogP contribution in [0.25, 0.3) is 0 Å². The van der Waals surface area contributed by atoms with Crippen LogP contribution in [0.3, 0.4) is 0 Å². The Morgan fingerprint density at radius 3 is 2.52 bits per heavy atom. The normalized spacial score (nSPS) is 10.8. The van der Waals surface area contributed by atoms with Crippen LogP contribution in [0.4, 0.5) is 0 Å². The lowest BCUT2D eigenvalue weighted by molar-refractivity contribution is -0.872. The maximum absolute atomic E-state index is 12.4. The molecule has 0 aromatic heterocycles. The van der Waals surface area contributed by atoms with Gasteiger partial charge in [-0.05, 0) is 29.5 Å². The highest BCUT2D eigenvalue weighted by molar-refractivity contribution is 7.97. The third kappa shape index (κ3) is 5.41. The first kappa shape index (κ1) is 17.6. The average Bonchev–Trinajstić information content (AvgIpc) is 2.54. The van der Waals surface area contributed by atoms with Gasteiger partial charge in [0.25, 0.3) is 5.91 Å². The fraction of sp³-hybridized carbons (Fsp3) is 0.316. The van der Waals surface area contributed by atoms with E-state index in [0.29, 0.717) is 6.54 Å². The second-order valence-electron chi connectivity index (χ2n) is 5.97. The van der Waals surface area contributed by atoms with Gasteiger partial charge in [0.05, 0.1) is 14.1 Å². The van der Waals surface area contributed by atoms with E-state index in [1.54, 1.807) is 11.8 Å². The molecule has 0 saturated heterocycles. The monoisotopic (exact) mass is 329 g/mol. The fourth-order valence-corrected chi connectivity index (χ4v) is 3.04. The standard InChI is InChI=1S/C19H24N2OS/c1-21(2)13-18-9-5-4-8-17(18)12-20-19(22)16-10-6-7-15(11-16)14-23-3/h4-11H,12-14H2,1-3H3,(H,20,22)/p+1. The number of carbonyl (C=O) groups excluding carboxylic acids is 1. The molecule has 2 rings (SSSR count). The van der Waals surface area contributed by atoms with Gasteiger partial charge >= 0.3 is 0 Å². The van der Waals surface area contributed by atoms with Crippen LogP contribution in [0.15, 0.2) is 48.5 Å². The number of rotatable bonds is 7. The van der Waals surface area contributed by atoms with Gasteiger partial charge in [-0.1, -0.05) is 36.4 Å². The number of quaternary nitrogens is 1. The molecular weight excluding hydrogens is 304 g/mol. The minimum absolute atomic E-state index is 0.0139. The molecule has 0 aliphatic carbocycles. The van der Waals surface area contributed by atoms with Crippen molar-refractivity contribution in [2.45, 2.75) is 18.8 Å². The zero-order chi connectivity index (χ0) is 16.7. The predicted octanol–water partition coefficient (Wildman–Crippen LogP) is 2.12. The van der Waals surface area contributed by atoms with Gasteiger partial charge in [0.1, 0.15) is 6.54 Å². The molecule has 23 heavy (non-hydrogen) atoms. The first-order valence-corrected chi connectivity index (χ1v) is 9.21. The topological polar surface area (TPSA) is 33.5 Å². The SMILES string of the molecule is CSCc1cccc(C(=O)NCc2ccccc2C[NH+](C)C)c1. The van der Waals surface area contributed by atoms with Crippen LogP contribution in [0.5, 0.6) is 0 Å². The Balaban J connectivity index is 2.03.